The van der Waals surface area contributed by atoms with Crippen LogP contribution in [0.2, 0.25) is 5.02 Å². The molecule has 2 aliphatic rings. The molecule has 2 aromatic heterocycles. The fourth-order valence-electron chi connectivity index (χ4n) is 4.83. The molecule has 8 heteroatoms. The van der Waals surface area contributed by atoms with Crippen LogP contribution in [0.5, 0.6) is 0 Å². The van der Waals surface area contributed by atoms with Gasteiger partial charge in [-0.05, 0) is 56.5 Å². The SMILES string of the molecule is C[C@H](Nc1nccc(N2C(=O)CCC23CCCC3)n1)c1cn(-c2ccc(Cl)cc2)cn1. The number of rotatable bonds is 5. The molecule has 2 fully saturated rings. The maximum absolute atomic E-state index is 12.7. The third-order valence-corrected chi connectivity index (χ3v) is 6.70. The average molecular weight is 437 g/mol. The molecule has 0 unspecified atom stereocenters. The Labute approximate surface area is 186 Å². The van der Waals surface area contributed by atoms with Crippen molar-refractivity contribution in [2.45, 2.75) is 57.0 Å². The number of imidazole rings is 1. The fourth-order valence-corrected chi connectivity index (χ4v) is 4.96. The van der Waals surface area contributed by atoms with Crippen LogP contribution in [-0.2, 0) is 4.79 Å². The van der Waals surface area contributed by atoms with Gasteiger partial charge in [-0.2, -0.15) is 4.98 Å². The van der Waals surface area contributed by atoms with Gasteiger partial charge in [0, 0.05) is 35.1 Å². The number of hydrogen-bond donors (Lipinski definition) is 1. The summed E-state index contributed by atoms with van der Waals surface area (Å²) in [5, 5.41) is 4.03. The second-order valence-electron chi connectivity index (χ2n) is 8.45. The molecule has 1 atom stereocenters. The molecule has 1 spiro atoms. The van der Waals surface area contributed by atoms with Crippen molar-refractivity contribution in [1.82, 2.24) is 19.5 Å². The highest BCUT2D eigenvalue weighted by molar-refractivity contribution is 6.30. The molecule has 0 radical (unpaired) electrons. The molecule has 1 N–H and O–H groups in total. The van der Waals surface area contributed by atoms with E-state index < -0.39 is 0 Å². The van der Waals surface area contributed by atoms with Crippen LogP contribution in [0.3, 0.4) is 0 Å². The number of nitrogens with one attached hydrogen (secondary N) is 1. The summed E-state index contributed by atoms with van der Waals surface area (Å²) in [6, 6.07) is 9.35. The molecule has 1 aromatic carbocycles. The lowest BCUT2D eigenvalue weighted by Crippen LogP contribution is -2.44. The van der Waals surface area contributed by atoms with Gasteiger partial charge in [0.2, 0.25) is 11.9 Å². The summed E-state index contributed by atoms with van der Waals surface area (Å²) in [5.74, 6) is 1.36. The Morgan fingerprint density at radius 2 is 1.87 bits per heavy atom. The molecule has 7 nitrogen and oxygen atoms in total. The number of hydrogen-bond acceptors (Lipinski definition) is 5. The predicted molar refractivity (Wildman–Crippen MR) is 121 cm³/mol. The zero-order valence-electron chi connectivity index (χ0n) is 17.5. The Balaban J connectivity index is 1.34. The molecular weight excluding hydrogens is 412 g/mol. The molecule has 0 bridgehead atoms. The number of anilines is 2. The summed E-state index contributed by atoms with van der Waals surface area (Å²) < 4.78 is 1.95. The standard InChI is InChI=1S/C23H25ClN6O/c1-16(19-14-29(15-26-19)18-6-4-17(24)5-7-18)27-22-25-13-9-20(28-22)30-21(31)8-12-23(30)10-2-3-11-23/h4-7,9,13-16H,2-3,8,10-12H2,1H3,(H,25,27,28)/t16-/m0/s1. The summed E-state index contributed by atoms with van der Waals surface area (Å²) >= 11 is 5.98. The van der Waals surface area contributed by atoms with E-state index in [4.69, 9.17) is 16.6 Å². The van der Waals surface area contributed by atoms with Crippen LogP contribution in [0, 0.1) is 0 Å². The van der Waals surface area contributed by atoms with E-state index in [1.165, 1.54) is 12.8 Å². The monoisotopic (exact) mass is 436 g/mol. The molecular formula is C23H25ClN6O. The van der Waals surface area contributed by atoms with Gasteiger partial charge in [0.05, 0.1) is 18.1 Å². The van der Waals surface area contributed by atoms with Gasteiger partial charge < -0.3 is 9.88 Å². The van der Waals surface area contributed by atoms with Gasteiger partial charge in [-0.1, -0.05) is 24.4 Å². The molecule has 1 saturated carbocycles. The van der Waals surface area contributed by atoms with Crippen LogP contribution >= 0.6 is 11.6 Å². The molecule has 31 heavy (non-hydrogen) atoms. The average Bonchev–Trinajstić information content (AvgIpc) is 3.50. The first-order valence-corrected chi connectivity index (χ1v) is 11.1. The van der Waals surface area contributed by atoms with E-state index in [0.29, 0.717) is 23.2 Å². The molecule has 3 heterocycles. The van der Waals surface area contributed by atoms with Gasteiger partial charge in [-0.25, -0.2) is 9.97 Å². The van der Waals surface area contributed by atoms with Crippen molar-refractivity contribution in [2.75, 3.05) is 10.2 Å². The number of benzene rings is 1. The Morgan fingerprint density at radius 1 is 1.10 bits per heavy atom. The number of carbonyl (C=O) groups excluding carboxylic acids is 1. The van der Waals surface area contributed by atoms with Gasteiger partial charge in [0.25, 0.3) is 0 Å². The first-order valence-electron chi connectivity index (χ1n) is 10.8. The van der Waals surface area contributed by atoms with Crippen LogP contribution in [-0.4, -0.2) is 31.0 Å². The van der Waals surface area contributed by atoms with Gasteiger partial charge in [0.1, 0.15) is 5.82 Å². The smallest absolute Gasteiger partial charge is 0.228 e. The summed E-state index contributed by atoms with van der Waals surface area (Å²) in [6.45, 7) is 2.02. The lowest BCUT2D eigenvalue weighted by Gasteiger charge is -2.34. The van der Waals surface area contributed by atoms with Crippen molar-refractivity contribution in [2.24, 2.45) is 0 Å². The molecule has 160 valence electrons. The maximum Gasteiger partial charge on any atom is 0.228 e. The minimum Gasteiger partial charge on any atom is -0.346 e. The van der Waals surface area contributed by atoms with Crippen molar-refractivity contribution >= 4 is 29.3 Å². The van der Waals surface area contributed by atoms with Crippen LogP contribution < -0.4 is 10.2 Å². The molecule has 5 rings (SSSR count). The molecule has 1 saturated heterocycles. The number of carbonyl (C=O) groups is 1. The van der Waals surface area contributed by atoms with Crippen molar-refractivity contribution in [3.8, 4) is 5.69 Å². The first kappa shape index (κ1) is 20.0. The number of nitrogens with zero attached hydrogens (tertiary/aromatic N) is 5. The highest BCUT2D eigenvalue weighted by Gasteiger charge is 2.48. The van der Waals surface area contributed by atoms with E-state index in [0.717, 1.165) is 30.6 Å². The summed E-state index contributed by atoms with van der Waals surface area (Å²) in [7, 11) is 0. The number of aromatic nitrogens is 4. The van der Waals surface area contributed by atoms with Crippen LogP contribution in [0.1, 0.15) is 57.2 Å². The second-order valence-corrected chi connectivity index (χ2v) is 8.88. The highest BCUT2D eigenvalue weighted by Crippen LogP contribution is 2.45. The van der Waals surface area contributed by atoms with Gasteiger partial charge in [0.15, 0.2) is 0 Å². The normalized spacial score (nSPS) is 18.6. The van der Waals surface area contributed by atoms with E-state index in [1.807, 2.05) is 52.9 Å². The van der Waals surface area contributed by atoms with E-state index in [9.17, 15) is 4.79 Å². The van der Waals surface area contributed by atoms with Crippen molar-refractivity contribution in [1.29, 1.82) is 0 Å². The van der Waals surface area contributed by atoms with E-state index >= 15 is 0 Å². The lowest BCUT2D eigenvalue weighted by atomic mass is 9.94. The minimum absolute atomic E-state index is 0.0499. The zero-order valence-corrected chi connectivity index (χ0v) is 18.2. The molecule has 1 aliphatic carbocycles. The fraction of sp³-hybridized carbons (Fsp3) is 0.391. The highest BCUT2D eigenvalue weighted by atomic mass is 35.5. The summed E-state index contributed by atoms with van der Waals surface area (Å²) in [4.78, 5) is 28.2. The van der Waals surface area contributed by atoms with Crippen molar-refractivity contribution in [3.05, 3.63) is 59.8 Å². The Kier molecular flexibility index (Phi) is 5.14. The third-order valence-electron chi connectivity index (χ3n) is 6.45. The van der Waals surface area contributed by atoms with Crippen molar-refractivity contribution in [3.63, 3.8) is 0 Å². The van der Waals surface area contributed by atoms with Gasteiger partial charge in [-0.3, -0.25) is 9.69 Å². The van der Waals surface area contributed by atoms with Crippen LogP contribution in [0.15, 0.2) is 49.1 Å². The topological polar surface area (TPSA) is 75.9 Å². The summed E-state index contributed by atoms with van der Waals surface area (Å²) in [5.41, 5.74) is 1.81. The lowest BCUT2D eigenvalue weighted by molar-refractivity contribution is -0.117. The quantitative estimate of drug-likeness (QED) is 0.613. The van der Waals surface area contributed by atoms with E-state index in [-0.39, 0.29) is 17.5 Å². The number of halogens is 1. The largest absolute Gasteiger partial charge is 0.346 e. The van der Waals surface area contributed by atoms with Crippen LogP contribution in [0.4, 0.5) is 11.8 Å². The zero-order chi connectivity index (χ0) is 21.4. The van der Waals surface area contributed by atoms with E-state index in [2.05, 4.69) is 15.3 Å². The Hall–Kier alpha value is -2.93. The second kappa shape index (κ2) is 7.96. The predicted octanol–water partition coefficient (Wildman–Crippen LogP) is 4.93. The Bertz CT molecular complexity index is 1090. The Morgan fingerprint density at radius 3 is 2.65 bits per heavy atom. The molecule has 1 amide bonds. The molecule has 3 aromatic rings. The minimum atomic E-state index is -0.0986. The third kappa shape index (κ3) is 3.78. The maximum atomic E-state index is 12.7. The number of amides is 1. The molecule has 1 aliphatic heterocycles. The first-order chi connectivity index (χ1) is 15.0. The van der Waals surface area contributed by atoms with Gasteiger partial charge in [-0.15, -0.1) is 0 Å². The van der Waals surface area contributed by atoms with Gasteiger partial charge >= 0.3 is 0 Å². The van der Waals surface area contributed by atoms with Crippen molar-refractivity contribution < 1.29 is 4.79 Å². The van der Waals surface area contributed by atoms with Crippen LogP contribution in [0.25, 0.3) is 5.69 Å². The summed E-state index contributed by atoms with van der Waals surface area (Å²) in [6.07, 6.45) is 11.5. The van der Waals surface area contributed by atoms with E-state index in [1.54, 1.807) is 12.5 Å².